The number of aromatic nitrogens is 4. The number of H-pyrrole nitrogens is 1. The molecule has 0 saturated carbocycles. The number of rotatable bonds is 4. The molecule has 0 aliphatic carbocycles. The van der Waals surface area contributed by atoms with Crippen molar-refractivity contribution in [3.63, 3.8) is 0 Å². The molecule has 0 amide bonds. The fourth-order valence-electron chi connectivity index (χ4n) is 2.23. The number of aliphatic imine (C=N–C) groups is 1. The molecule has 3 rings (SSSR count). The van der Waals surface area contributed by atoms with Crippen molar-refractivity contribution in [1.82, 2.24) is 20.2 Å². The van der Waals surface area contributed by atoms with Gasteiger partial charge in [-0.15, -0.1) is 0 Å². The fraction of sp³-hybridized carbons (Fsp3) is 0.0667. The van der Waals surface area contributed by atoms with Crippen LogP contribution in [0.15, 0.2) is 36.0 Å². The largest absolute Gasteiger partial charge is 0.372 e. The number of fused-ring (bicyclic) bond motifs is 1. The second kappa shape index (κ2) is 5.16. The van der Waals surface area contributed by atoms with E-state index >= 15 is 0 Å². The second-order valence-corrected chi connectivity index (χ2v) is 4.38. The molecule has 0 saturated heterocycles. The number of hydrogen-bond acceptors (Lipinski definition) is 5. The topological polar surface area (TPSA) is 78.8 Å². The predicted molar refractivity (Wildman–Crippen MR) is 86.0 cm³/mol. The molecule has 3 aromatic rings. The number of nitrogens with one attached hydrogen (secondary N) is 2. The Kier molecular flexibility index (Phi) is 3.19. The highest BCUT2D eigenvalue weighted by molar-refractivity contribution is 5.92. The molecule has 6 heteroatoms. The van der Waals surface area contributed by atoms with Crippen molar-refractivity contribution in [3.05, 3.63) is 36.5 Å². The molecule has 0 aliphatic heterocycles. The van der Waals surface area contributed by atoms with E-state index in [2.05, 4.69) is 43.8 Å². The zero-order chi connectivity index (χ0) is 14.8. The lowest BCUT2D eigenvalue weighted by Gasteiger charge is -2.07. The van der Waals surface area contributed by atoms with Crippen LogP contribution in [0.5, 0.6) is 0 Å². The zero-order valence-corrected chi connectivity index (χ0v) is 11.6. The van der Waals surface area contributed by atoms with Crippen molar-refractivity contribution < 1.29 is 0 Å². The van der Waals surface area contributed by atoms with Gasteiger partial charge in [-0.25, -0.2) is 9.97 Å². The summed E-state index contributed by atoms with van der Waals surface area (Å²) in [5, 5.41) is 10.2. The lowest BCUT2D eigenvalue weighted by molar-refractivity contribution is 1.10. The Balaban J connectivity index is 2.26. The SMILES string of the molecule is C=Cc1c(N=C)cccc1-c1[nH]nc2nc(NC)cnc12. The third-order valence-electron chi connectivity index (χ3n) is 3.25. The minimum atomic E-state index is 0.559. The molecule has 2 aromatic heterocycles. The van der Waals surface area contributed by atoms with E-state index in [-0.39, 0.29) is 0 Å². The molecule has 0 unspecified atom stereocenters. The summed E-state index contributed by atoms with van der Waals surface area (Å²) in [7, 11) is 1.79. The van der Waals surface area contributed by atoms with E-state index in [0.717, 1.165) is 22.5 Å². The predicted octanol–water partition coefficient (Wildman–Crippen LogP) is 3.04. The van der Waals surface area contributed by atoms with Crippen LogP contribution in [0.4, 0.5) is 11.5 Å². The number of aromatic amines is 1. The van der Waals surface area contributed by atoms with Crippen LogP contribution in [0.2, 0.25) is 0 Å². The first-order chi connectivity index (χ1) is 10.3. The summed E-state index contributed by atoms with van der Waals surface area (Å²) < 4.78 is 0. The van der Waals surface area contributed by atoms with Crippen molar-refractivity contribution >= 4 is 35.5 Å². The smallest absolute Gasteiger partial charge is 0.202 e. The van der Waals surface area contributed by atoms with Crippen LogP contribution < -0.4 is 5.32 Å². The van der Waals surface area contributed by atoms with Gasteiger partial charge < -0.3 is 5.32 Å². The maximum atomic E-state index is 4.42. The normalized spacial score (nSPS) is 10.5. The van der Waals surface area contributed by atoms with Crippen molar-refractivity contribution in [1.29, 1.82) is 0 Å². The summed E-state index contributed by atoms with van der Waals surface area (Å²) in [6.45, 7) is 7.44. The Morgan fingerprint density at radius 1 is 1.38 bits per heavy atom. The van der Waals surface area contributed by atoms with Crippen molar-refractivity contribution in [2.24, 2.45) is 4.99 Å². The minimum Gasteiger partial charge on any atom is -0.372 e. The molecule has 21 heavy (non-hydrogen) atoms. The first-order valence-corrected chi connectivity index (χ1v) is 6.40. The van der Waals surface area contributed by atoms with E-state index in [1.54, 1.807) is 19.3 Å². The van der Waals surface area contributed by atoms with Crippen molar-refractivity contribution in [3.8, 4) is 11.3 Å². The first-order valence-electron chi connectivity index (χ1n) is 6.40. The van der Waals surface area contributed by atoms with Gasteiger partial charge in [-0.05, 0) is 12.8 Å². The van der Waals surface area contributed by atoms with Gasteiger partial charge in [-0.2, -0.15) is 5.10 Å². The average molecular weight is 278 g/mol. The summed E-state index contributed by atoms with van der Waals surface area (Å²) in [6.07, 6.45) is 3.42. The van der Waals surface area contributed by atoms with Gasteiger partial charge in [0.2, 0.25) is 5.65 Å². The van der Waals surface area contributed by atoms with Crippen LogP contribution in [0, 0.1) is 0 Å². The lowest BCUT2D eigenvalue weighted by atomic mass is 10.0. The molecule has 104 valence electrons. The Hall–Kier alpha value is -3.02. The number of benzene rings is 1. The zero-order valence-electron chi connectivity index (χ0n) is 11.6. The van der Waals surface area contributed by atoms with Gasteiger partial charge in [-0.3, -0.25) is 10.1 Å². The molecule has 0 radical (unpaired) electrons. The summed E-state index contributed by atoms with van der Waals surface area (Å²) in [4.78, 5) is 12.8. The summed E-state index contributed by atoms with van der Waals surface area (Å²) in [5.74, 6) is 0.672. The maximum absolute atomic E-state index is 4.42. The third-order valence-corrected chi connectivity index (χ3v) is 3.25. The second-order valence-electron chi connectivity index (χ2n) is 4.38. The highest BCUT2D eigenvalue weighted by atomic mass is 15.2. The Morgan fingerprint density at radius 2 is 2.24 bits per heavy atom. The molecular weight excluding hydrogens is 264 g/mol. The molecule has 2 heterocycles. The highest BCUT2D eigenvalue weighted by Gasteiger charge is 2.14. The molecule has 0 atom stereocenters. The quantitative estimate of drug-likeness (QED) is 0.719. The molecule has 0 aliphatic rings. The summed E-state index contributed by atoms with van der Waals surface area (Å²) in [5.41, 5.74) is 4.63. The standard InChI is InChI=1S/C15H14N6/c1-4-9-10(6-5-7-11(9)16-2)13-14-15(21-20-13)19-12(17-3)8-18-14/h4-8H,1-2H2,3H3,(H2,17,19,20,21). The molecule has 0 fully saturated rings. The van der Waals surface area contributed by atoms with Crippen LogP contribution in [-0.4, -0.2) is 33.9 Å². The van der Waals surface area contributed by atoms with Crippen LogP contribution in [0.25, 0.3) is 28.5 Å². The summed E-state index contributed by atoms with van der Waals surface area (Å²) in [6, 6.07) is 5.76. The van der Waals surface area contributed by atoms with E-state index in [9.17, 15) is 0 Å². The van der Waals surface area contributed by atoms with Gasteiger partial charge in [0.15, 0.2) is 0 Å². The lowest BCUT2D eigenvalue weighted by Crippen LogP contribution is -1.93. The van der Waals surface area contributed by atoms with E-state index in [1.165, 1.54) is 0 Å². The van der Waals surface area contributed by atoms with Crippen LogP contribution in [0.1, 0.15) is 5.56 Å². The van der Waals surface area contributed by atoms with Gasteiger partial charge in [0.1, 0.15) is 11.3 Å². The first kappa shape index (κ1) is 13.0. The number of nitrogens with zero attached hydrogens (tertiary/aromatic N) is 4. The van der Waals surface area contributed by atoms with Gasteiger partial charge in [0, 0.05) is 18.2 Å². The van der Waals surface area contributed by atoms with E-state index in [0.29, 0.717) is 17.0 Å². The van der Waals surface area contributed by atoms with Crippen molar-refractivity contribution in [2.45, 2.75) is 0 Å². The maximum Gasteiger partial charge on any atom is 0.202 e. The fourth-order valence-corrected chi connectivity index (χ4v) is 2.23. The molecule has 0 bridgehead atoms. The molecular formula is C15H14N6. The van der Waals surface area contributed by atoms with E-state index in [1.807, 2.05) is 18.2 Å². The number of anilines is 1. The van der Waals surface area contributed by atoms with E-state index < -0.39 is 0 Å². The minimum absolute atomic E-state index is 0.559. The van der Waals surface area contributed by atoms with Crippen molar-refractivity contribution in [2.75, 3.05) is 12.4 Å². The molecule has 1 aromatic carbocycles. The molecule has 2 N–H and O–H groups in total. The van der Waals surface area contributed by atoms with Crippen LogP contribution in [-0.2, 0) is 0 Å². The molecule has 6 nitrogen and oxygen atoms in total. The van der Waals surface area contributed by atoms with E-state index in [4.69, 9.17) is 0 Å². The average Bonchev–Trinajstić information content (AvgIpc) is 2.96. The monoisotopic (exact) mass is 278 g/mol. The third kappa shape index (κ3) is 2.06. The Morgan fingerprint density at radius 3 is 2.95 bits per heavy atom. The van der Waals surface area contributed by atoms with Crippen LogP contribution in [0.3, 0.4) is 0 Å². The van der Waals surface area contributed by atoms with Crippen LogP contribution >= 0.6 is 0 Å². The van der Waals surface area contributed by atoms with Gasteiger partial charge in [-0.1, -0.05) is 24.8 Å². The Bertz CT molecular complexity index is 833. The number of hydrogen-bond donors (Lipinski definition) is 2. The molecule has 0 spiro atoms. The Labute approximate surface area is 121 Å². The van der Waals surface area contributed by atoms with Gasteiger partial charge in [0.25, 0.3) is 0 Å². The van der Waals surface area contributed by atoms with Gasteiger partial charge >= 0.3 is 0 Å². The van der Waals surface area contributed by atoms with Gasteiger partial charge in [0.05, 0.1) is 17.6 Å². The highest BCUT2D eigenvalue weighted by Crippen LogP contribution is 2.33. The summed E-state index contributed by atoms with van der Waals surface area (Å²) >= 11 is 0.